The lowest BCUT2D eigenvalue weighted by Crippen LogP contribution is -2.39. The van der Waals surface area contributed by atoms with Crippen molar-refractivity contribution in [3.05, 3.63) is 96.0 Å². The summed E-state index contributed by atoms with van der Waals surface area (Å²) in [6.45, 7) is 0.960. The highest BCUT2D eigenvalue weighted by Gasteiger charge is 2.27. The summed E-state index contributed by atoms with van der Waals surface area (Å²) < 4.78 is 11.1. The molecule has 6 aromatic rings. The van der Waals surface area contributed by atoms with Gasteiger partial charge in [0.05, 0.1) is 41.7 Å². The molecule has 12 nitrogen and oxygen atoms in total. The molecule has 2 bridgehead atoms. The summed E-state index contributed by atoms with van der Waals surface area (Å²) in [5.41, 5.74) is 4.03. The molecule has 0 saturated heterocycles. The molecular formula is C31H25N9O3. The Kier molecular flexibility index (Phi) is 5.77. The molecule has 8 rings (SSSR count). The fourth-order valence-corrected chi connectivity index (χ4v) is 5.67. The van der Waals surface area contributed by atoms with Gasteiger partial charge in [-0.1, -0.05) is 12.2 Å². The molecule has 12 heteroatoms. The summed E-state index contributed by atoms with van der Waals surface area (Å²) >= 11 is 0. The molecule has 0 saturated carbocycles. The van der Waals surface area contributed by atoms with E-state index in [2.05, 4.69) is 20.3 Å². The summed E-state index contributed by atoms with van der Waals surface area (Å²) in [5.74, 6) is 0.871. The number of benzene rings is 1. The number of nitrogens with one attached hydrogen (secondary N) is 1. The van der Waals surface area contributed by atoms with Crippen molar-refractivity contribution in [3.8, 4) is 17.1 Å². The molecule has 1 amide bonds. The van der Waals surface area contributed by atoms with Crippen molar-refractivity contribution in [2.45, 2.75) is 19.4 Å². The van der Waals surface area contributed by atoms with Crippen LogP contribution in [0.2, 0.25) is 0 Å². The summed E-state index contributed by atoms with van der Waals surface area (Å²) in [6.07, 6.45) is 14.3. The predicted molar refractivity (Wildman–Crippen MR) is 161 cm³/mol. The number of carbonyl (C=O) groups is 1. The number of pyridine rings is 2. The van der Waals surface area contributed by atoms with Gasteiger partial charge in [0, 0.05) is 30.5 Å². The predicted octanol–water partition coefficient (Wildman–Crippen LogP) is 4.14. The van der Waals surface area contributed by atoms with Crippen LogP contribution in [0.5, 0.6) is 5.75 Å². The van der Waals surface area contributed by atoms with E-state index in [-0.39, 0.29) is 18.1 Å². The smallest absolute Gasteiger partial charge is 0.278 e. The number of carbonyl (C=O) groups excluding carboxylic acids is 1. The van der Waals surface area contributed by atoms with E-state index in [9.17, 15) is 9.59 Å². The largest absolute Gasteiger partial charge is 0.482 e. The molecule has 5 aromatic heterocycles. The Labute approximate surface area is 244 Å². The van der Waals surface area contributed by atoms with Crippen LogP contribution in [0.15, 0.2) is 90.4 Å². The van der Waals surface area contributed by atoms with E-state index >= 15 is 0 Å². The number of ether oxygens (including phenoxy) is 1. The third-order valence-electron chi connectivity index (χ3n) is 7.71. The van der Waals surface area contributed by atoms with Gasteiger partial charge in [0.1, 0.15) is 16.8 Å². The molecule has 0 atom stereocenters. The van der Waals surface area contributed by atoms with Gasteiger partial charge in [0.2, 0.25) is 5.95 Å². The number of fused-ring (bicyclic) bond motifs is 6. The Morgan fingerprint density at radius 3 is 2.79 bits per heavy atom. The van der Waals surface area contributed by atoms with Gasteiger partial charge in [-0.3, -0.25) is 19.1 Å². The van der Waals surface area contributed by atoms with Crippen molar-refractivity contribution in [2.24, 2.45) is 0 Å². The van der Waals surface area contributed by atoms with Crippen LogP contribution in [0, 0.1) is 0 Å². The van der Waals surface area contributed by atoms with Gasteiger partial charge in [-0.15, -0.1) is 0 Å². The molecule has 1 N–H and O–H groups in total. The third kappa shape index (κ3) is 4.22. The molecular weight excluding hydrogens is 546 g/mol. The molecule has 0 aliphatic carbocycles. The molecule has 7 heterocycles. The fraction of sp³-hybridized carbons (Fsp3) is 0.161. The molecule has 2 aliphatic heterocycles. The van der Waals surface area contributed by atoms with E-state index in [0.29, 0.717) is 52.9 Å². The van der Waals surface area contributed by atoms with Crippen molar-refractivity contribution >= 4 is 45.3 Å². The van der Waals surface area contributed by atoms with Crippen LogP contribution in [0.3, 0.4) is 0 Å². The van der Waals surface area contributed by atoms with Crippen LogP contribution < -0.4 is 20.5 Å². The average Bonchev–Trinajstić information content (AvgIpc) is 3.57. The zero-order valence-corrected chi connectivity index (χ0v) is 22.9. The van der Waals surface area contributed by atoms with Gasteiger partial charge in [-0.2, -0.15) is 4.98 Å². The van der Waals surface area contributed by atoms with E-state index in [0.717, 1.165) is 29.6 Å². The van der Waals surface area contributed by atoms with Crippen LogP contribution in [-0.2, 0) is 11.3 Å². The first-order valence-electron chi connectivity index (χ1n) is 14.0. The Morgan fingerprint density at radius 2 is 1.88 bits per heavy atom. The summed E-state index contributed by atoms with van der Waals surface area (Å²) in [7, 11) is 0. The average molecular weight is 572 g/mol. The zero-order valence-electron chi connectivity index (χ0n) is 22.9. The van der Waals surface area contributed by atoms with Crippen molar-refractivity contribution in [1.82, 2.24) is 33.9 Å². The van der Waals surface area contributed by atoms with Crippen LogP contribution in [-0.4, -0.2) is 52.9 Å². The highest BCUT2D eigenvalue weighted by molar-refractivity contribution is 5.98. The number of rotatable bonds is 3. The van der Waals surface area contributed by atoms with Gasteiger partial charge < -0.3 is 15.0 Å². The quantitative estimate of drug-likeness (QED) is 0.315. The van der Waals surface area contributed by atoms with Gasteiger partial charge in [-0.05, 0) is 55.3 Å². The Hall–Kier alpha value is -5.78. The number of aromatic nitrogens is 7. The molecule has 0 spiro atoms. The summed E-state index contributed by atoms with van der Waals surface area (Å²) in [5, 5.41) is 4.57. The highest BCUT2D eigenvalue weighted by atomic mass is 16.5. The van der Waals surface area contributed by atoms with E-state index in [4.69, 9.17) is 9.72 Å². The normalized spacial score (nSPS) is 15.4. The van der Waals surface area contributed by atoms with E-state index in [1.54, 1.807) is 39.1 Å². The molecule has 2 aliphatic rings. The highest BCUT2D eigenvalue weighted by Crippen LogP contribution is 2.35. The SMILES string of the molecule is O=C1COc2ccc3cc2N1CCC/C=C\Cn1c(=O)c2cnc(Nc4cnc5c(ccn5-c5cccnc5)c4)nc2n1-3. The number of hydrogen-bond acceptors (Lipinski definition) is 8. The molecule has 0 unspecified atom stereocenters. The van der Waals surface area contributed by atoms with Crippen molar-refractivity contribution in [1.29, 1.82) is 0 Å². The first-order valence-corrected chi connectivity index (χ1v) is 14.0. The number of anilines is 3. The van der Waals surface area contributed by atoms with Gasteiger partial charge in [0.15, 0.2) is 12.3 Å². The minimum absolute atomic E-state index is 0.0104. The lowest BCUT2D eigenvalue weighted by molar-refractivity contribution is -0.121. The van der Waals surface area contributed by atoms with Gasteiger partial charge in [-0.25, -0.2) is 19.3 Å². The van der Waals surface area contributed by atoms with E-state index in [1.807, 2.05) is 65.4 Å². The standard InChI is InChI=1S/C31H25N9O3/c41-27-19-43-26-8-7-22-15-25(26)38(27)11-3-1-2-4-12-39-30(42)24-18-34-31(36-29(24)40(22)39)35-21-14-20-9-13-37(28(20)33-16-21)23-6-5-10-32-17-23/h2,4-10,13-18H,1,3,11-12,19H2,(H,34,35,36)/b4-2-. The zero-order chi connectivity index (χ0) is 28.9. The topological polar surface area (TPSA) is 125 Å². The number of nitrogens with zero attached hydrogens (tertiary/aromatic N) is 8. The van der Waals surface area contributed by atoms with Crippen molar-refractivity contribution < 1.29 is 9.53 Å². The number of hydrogen-bond donors (Lipinski definition) is 1. The Morgan fingerprint density at radius 1 is 0.930 bits per heavy atom. The molecule has 43 heavy (non-hydrogen) atoms. The summed E-state index contributed by atoms with van der Waals surface area (Å²) in [4.78, 5) is 46.2. The Bertz CT molecular complexity index is 2130. The maximum absolute atomic E-state index is 13.6. The molecule has 212 valence electrons. The monoisotopic (exact) mass is 571 g/mol. The fourth-order valence-electron chi connectivity index (χ4n) is 5.67. The second kappa shape index (κ2) is 9.94. The minimum Gasteiger partial charge on any atom is -0.482 e. The van der Waals surface area contributed by atoms with Gasteiger partial charge in [0.25, 0.3) is 11.5 Å². The van der Waals surface area contributed by atoms with E-state index in [1.165, 1.54) is 0 Å². The second-order valence-corrected chi connectivity index (χ2v) is 10.4. The first-order chi connectivity index (χ1) is 21.1. The lowest BCUT2D eigenvalue weighted by atomic mass is 10.1. The number of amides is 1. The maximum Gasteiger partial charge on any atom is 0.278 e. The molecule has 0 radical (unpaired) electrons. The molecule has 1 aromatic carbocycles. The van der Waals surface area contributed by atoms with Crippen LogP contribution >= 0.6 is 0 Å². The Balaban J connectivity index is 1.22. The lowest BCUT2D eigenvalue weighted by Gasteiger charge is -2.30. The van der Waals surface area contributed by atoms with Crippen molar-refractivity contribution in [3.63, 3.8) is 0 Å². The minimum atomic E-state index is -0.204. The van der Waals surface area contributed by atoms with Crippen LogP contribution in [0.25, 0.3) is 33.4 Å². The van der Waals surface area contributed by atoms with Gasteiger partial charge >= 0.3 is 0 Å². The number of allylic oxidation sites excluding steroid dienone is 2. The third-order valence-corrected chi connectivity index (χ3v) is 7.71. The van der Waals surface area contributed by atoms with Crippen LogP contribution in [0.1, 0.15) is 12.8 Å². The van der Waals surface area contributed by atoms with Crippen molar-refractivity contribution in [2.75, 3.05) is 23.4 Å². The first kappa shape index (κ1) is 25.0. The van der Waals surface area contributed by atoms with E-state index < -0.39 is 0 Å². The maximum atomic E-state index is 13.6. The molecule has 0 fully saturated rings. The van der Waals surface area contributed by atoms with Crippen LogP contribution in [0.4, 0.5) is 17.3 Å². The summed E-state index contributed by atoms with van der Waals surface area (Å²) in [6, 6.07) is 13.4. The second-order valence-electron chi connectivity index (χ2n) is 10.4.